The van der Waals surface area contributed by atoms with Crippen molar-refractivity contribution >= 4 is 11.6 Å². The van der Waals surface area contributed by atoms with Crippen molar-refractivity contribution in [2.75, 3.05) is 5.32 Å². The number of halogens is 2. The molecule has 4 aromatic rings. The Morgan fingerprint density at radius 2 is 1.59 bits per heavy atom. The van der Waals surface area contributed by atoms with E-state index in [1.54, 1.807) is 53.6 Å². The molecule has 29 heavy (non-hydrogen) atoms. The largest absolute Gasteiger partial charge is 0.457 e. The maximum absolute atomic E-state index is 13.3. The molecule has 0 bridgehead atoms. The summed E-state index contributed by atoms with van der Waals surface area (Å²) in [6, 6.07) is 16.8. The van der Waals surface area contributed by atoms with Crippen LogP contribution in [0.5, 0.6) is 11.5 Å². The minimum absolute atomic E-state index is 0.159. The highest BCUT2D eigenvalue weighted by atomic mass is 19.2. The van der Waals surface area contributed by atoms with Crippen molar-refractivity contribution in [2.24, 2.45) is 0 Å². The second-order valence-electron chi connectivity index (χ2n) is 6.08. The Labute approximate surface area is 164 Å². The highest BCUT2D eigenvalue weighted by molar-refractivity contribution is 6.04. The monoisotopic (exact) mass is 392 g/mol. The lowest BCUT2D eigenvalue weighted by Crippen LogP contribution is -2.11. The number of hydrogen-bond acceptors (Lipinski definition) is 4. The van der Waals surface area contributed by atoms with Crippen LogP contribution in [0.3, 0.4) is 0 Å². The zero-order chi connectivity index (χ0) is 20.2. The van der Waals surface area contributed by atoms with E-state index in [9.17, 15) is 13.6 Å². The van der Waals surface area contributed by atoms with Crippen LogP contribution in [-0.4, -0.2) is 20.7 Å². The number of rotatable bonds is 5. The number of nitrogens with zero attached hydrogens (tertiary/aromatic N) is 3. The van der Waals surface area contributed by atoms with Gasteiger partial charge in [-0.3, -0.25) is 9.36 Å². The highest BCUT2D eigenvalue weighted by Gasteiger charge is 2.09. The van der Waals surface area contributed by atoms with Gasteiger partial charge in [-0.15, -0.1) is 10.2 Å². The Balaban J connectivity index is 1.44. The van der Waals surface area contributed by atoms with Crippen LogP contribution >= 0.6 is 0 Å². The molecule has 1 amide bonds. The van der Waals surface area contributed by atoms with Crippen LogP contribution in [0, 0.1) is 11.6 Å². The summed E-state index contributed by atoms with van der Waals surface area (Å²) in [4.78, 5) is 12.5. The molecule has 1 N–H and O–H groups in total. The molecule has 8 heteroatoms. The SMILES string of the molecule is O=C(Nc1cccc(-n2cnnc2)c1)c1ccc(Oc2ccc(F)c(F)c2)cc1. The van der Waals surface area contributed by atoms with E-state index >= 15 is 0 Å². The van der Waals surface area contributed by atoms with Gasteiger partial charge >= 0.3 is 0 Å². The molecular weight excluding hydrogens is 378 g/mol. The van der Waals surface area contributed by atoms with Gasteiger partial charge in [0, 0.05) is 17.3 Å². The highest BCUT2D eigenvalue weighted by Crippen LogP contribution is 2.24. The quantitative estimate of drug-likeness (QED) is 0.539. The lowest BCUT2D eigenvalue weighted by Gasteiger charge is -2.09. The molecule has 0 aliphatic carbocycles. The maximum Gasteiger partial charge on any atom is 0.255 e. The predicted octanol–water partition coefficient (Wildman–Crippen LogP) is 4.59. The Hall–Kier alpha value is -4.07. The summed E-state index contributed by atoms with van der Waals surface area (Å²) in [7, 11) is 0. The standard InChI is InChI=1S/C21H14F2N4O2/c22-19-9-8-18(11-20(19)23)29-17-6-4-14(5-7-17)21(28)26-15-2-1-3-16(10-15)27-12-24-25-13-27/h1-13H,(H,26,28). The Kier molecular flexibility index (Phi) is 4.98. The van der Waals surface area contributed by atoms with E-state index in [2.05, 4.69) is 15.5 Å². The molecule has 144 valence electrons. The van der Waals surface area contributed by atoms with Crippen LogP contribution in [-0.2, 0) is 0 Å². The zero-order valence-electron chi connectivity index (χ0n) is 14.9. The molecule has 0 unspecified atom stereocenters. The minimum Gasteiger partial charge on any atom is -0.457 e. The number of amides is 1. The van der Waals surface area contributed by atoms with Crippen molar-refractivity contribution in [1.29, 1.82) is 0 Å². The van der Waals surface area contributed by atoms with Crippen LogP contribution in [0.15, 0.2) is 79.4 Å². The van der Waals surface area contributed by atoms with E-state index in [1.165, 1.54) is 6.07 Å². The van der Waals surface area contributed by atoms with Crippen LogP contribution in [0.1, 0.15) is 10.4 Å². The number of aromatic nitrogens is 3. The van der Waals surface area contributed by atoms with Gasteiger partial charge in [-0.1, -0.05) is 6.07 Å². The average Bonchev–Trinajstić information content (AvgIpc) is 3.26. The molecule has 0 fully saturated rings. The fourth-order valence-electron chi connectivity index (χ4n) is 2.63. The third kappa shape index (κ3) is 4.27. The number of benzene rings is 3. The third-order valence-electron chi connectivity index (χ3n) is 4.06. The van der Waals surface area contributed by atoms with Crippen molar-refractivity contribution in [2.45, 2.75) is 0 Å². The number of ether oxygens (including phenoxy) is 1. The summed E-state index contributed by atoms with van der Waals surface area (Å²) in [6.45, 7) is 0. The molecule has 0 saturated carbocycles. The number of nitrogens with one attached hydrogen (secondary N) is 1. The molecule has 0 radical (unpaired) electrons. The first-order valence-electron chi connectivity index (χ1n) is 8.58. The molecule has 0 atom stereocenters. The second-order valence-corrected chi connectivity index (χ2v) is 6.08. The van der Waals surface area contributed by atoms with Gasteiger partial charge in [0.15, 0.2) is 11.6 Å². The van der Waals surface area contributed by atoms with Crippen LogP contribution in [0.4, 0.5) is 14.5 Å². The lowest BCUT2D eigenvalue weighted by molar-refractivity contribution is 0.102. The smallest absolute Gasteiger partial charge is 0.255 e. The Morgan fingerprint density at radius 1 is 0.862 bits per heavy atom. The van der Waals surface area contributed by atoms with E-state index in [1.807, 2.05) is 12.1 Å². The summed E-state index contributed by atoms with van der Waals surface area (Å²) < 4.78 is 33.4. The topological polar surface area (TPSA) is 69.0 Å². The van der Waals surface area contributed by atoms with Crippen LogP contribution in [0.2, 0.25) is 0 Å². The molecule has 4 rings (SSSR count). The fraction of sp³-hybridized carbons (Fsp3) is 0. The molecule has 0 aliphatic heterocycles. The van der Waals surface area contributed by atoms with Gasteiger partial charge in [0.1, 0.15) is 24.2 Å². The number of carbonyl (C=O) groups is 1. The molecule has 0 spiro atoms. The first-order chi connectivity index (χ1) is 14.1. The average molecular weight is 392 g/mol. The van der Waals surface area contributed by atoms with Crippen molar-refractivity contribution in [1.82, 2.24) is 14.8 Å². The Bertz CT molecular complexity index is 1150. The zero-order valence-corrected chi connectivity index (χ0v) is 14.9. The first kappa shape index (κ1) is 18.3. The van der Waals surface area contributed by atoms with Gasteiger partial charge in [-0.05, 0) is 54.6 Å². The molecule has 6 nitrogen and oxygen atoms in total. The summed E-state index contributed by atoms with van der Waals surface area (Å²) >= 11 is 0. The minimum atomic E-state index is -0.993. The fourth-order valence-corrected chi connectivity index (χ4v) is 2.63. The third-order valence-corrected chi connectivity index (χ3v) is 4.06. The Morgan fingerprint density at radius 3 is 2.31 bits per heavy atom. The van der Waals surface area contributed by atoms with Crippen LogP contribution in [0.25, 0.3) is 5.69 Å². The van der Waals surface area contributed by atoms with E-state index < -0.39 is 11.6 Å². The summed E-state index contributed by atoms with van der Waals surface area (Å²) in [5.74, 6) is -1.69. The molecule has 0 saturated heterocycles. The number of hydrogen-bond donors (Lipinski definition) is 1. The van der Waals surface area contributed by atoms with Crippen molar-refractivity contribution in [3.8, 4) is 17.2 Å². The van der Waals surface area contributed by atoms with Gasteiger partial charge in [0.2, 0.25) is 0 Å². The molecule has 1 heterocycles. The van der Waals surface area contributed by atoms with Crippen molar-refractivity contribution < 1.29 is 18.3 Å². The maximum atomic E-state index is 13.3. The van der Waals surface area contributed by atoms with Gasteiger partial charge in [0.05, 0.1) is 5.69 Å². The van der Waals surface area contributed by atoms with E-state index in [0.29, 0.717) is 17.0 Å². The summed E-state index contributed by atoms with van der Waals surface area (Å²) in [6.07, 6.45) is 3.12. The van der Waals surface area contributed by atoms with Gasteiger partial charge in [-0.2, -0.15) is 0 Å². The predicted molar refractivity (Wildman–Crippen MR) is 102 cm³/mol. The molecule has 3 aromatic carbocycles. The van der Waals surface area contributed by atoms with Crippen LogP contribution < -0.4 is 10.1 Å². The lowest BCUT2D eigenvalue weighted by atomic mass is 10.2. The molecular formula is C21H14F2N4O2. The van der Waals surface area contributed by atoms with Gasteiger partial charge in [0.25, 0.3) is 5.91 Å². The molecule has 1 aromatic heterocycles. The summed E-state index contributed by atoms with van der Waals surface area (Å²) in [5, 5.41) is 10.3. The number of carbonyl (C=O) groups excluding carboxylic acids is 1. The van der Waals surface area contributed by atoms with Gasteiger partial charge < -0.3 is 10.1 Å². The van der Waals surface area contributed by atoms with E-state index in [-0.39, 0.29) is 11.7 Å². The van der Waals surface area contributed by atoms with Crippen molar-refractivity contribution in [3.05, 3.63) is 96.6 Å². The normalized spacial score (nSPS) is 10.6. The first-order valence-corrected chi connectivity index (χ1v) is 8.58. The van der Waals surface area contributed by atoms with Gasteiger partial charge in [-0.25, -0.2) is 8.78 Å². The number of anilines is 1. The van der Waals surface area contributed by atoms with E-state index in [0.717, 1.165) is 17.8 Å². The molecule has 0 aliphatic rings. The van der Waals surface area contributed by atoms with E-state index in [4.69, 9.17) is 4.74 Å². The second kappa shape index (κ2) is 7.89. The van der Waals surface area contributed by atoms with Crippen molar-refractivity contribution in [3.63, 3.8) is 0 Å². The summed E-state index contributed by atoms with van der Waals surface area (Å²) in [5.41, 5.74) is 1.84.